The summed E-state index contributed by atoms with van der Waals surface area (Å²) >= 11 is 7.89. The molecule has 0 aromatic heterocycles. The predicted octanol–water partition coefficient (Wildman–Crippen LogP) is 3.97. The first kappa shape index (κ1) is 23.0. The smallest absolute Gasteiger partial charge is 0.300 e. The van der Waals surface area contributed by atoms with Gasteiger partial charge in [0.15, 0.2) is 0 Å². The van der Waals surface area contributed by atoms with Crippen molar-refractivity contribution >= 4 is 57.5 Å². The zero-order chi connectivity index (χ0) is 20.6. The first-order valence-electron chi connectivity index (χ1n) is 7.70. The van der Waals surface area contributed by atoms with Crippen LogP contribution < -0.4 is 10.6 Å². The summed E-state index contributed by atoms with van der Waals surface area (Å²) in [4.78, 5) is 16.8. The van der Waals surface area contributed by atoms with Gasteiger partial charge in [-0.2, -0.15) is 0 Å². The summed E-state index contributed by atoms with van der Waals surface area (Å²) < 4.78 is 11.6. The normalized spacial score (nSPS) is 12.0. The number of hydrogen-bond acceptors (Lipinski definition) is 4. The number of carboxylic acid groups (broad SMARTS) is 1. The number of halogens is 1. The molecule has 0 amide bonds. The number of rotatable bonds is 4. The maximum atomic E-state index is 11.6. The van der Waals surface area contributed by atoms with E-state index in [4.69, 9.17) is 27.2 Å². The molecule has 0 radical (unpaired) electrons. The summed E-state index contributed by atoms with van der Waals surface area (Å²) in [5, 5.41) is 8.00. The molecule has 27 heavy (non-hydrogen) atoms. The number of carboxylic acids is 1. The van der Waals surface area contributed by atoms with E-state index in [2.05, 4.69) is 4.99 Å². The van der Waals surface area contributed by atoms with Crippen molar-refractivity contribution in [1.82, 2.24) is 0 Å². The third-order valence-electron chi connectivity index (χ3n) is 3.28. The van der Waals surface area contributed by atoms with Crippen molar-refractivity contribution in [3.05, 3.63) is 47.5 Å². The quantitative estimate of drug-likeness (QED) is 0.435. The first-order valence-corrected chi connectivity index (χ1v) is 10.9. The van der Waals surface area contributed by atoms with Gasteiger partial charge in [0.25, 0.3) is 5.97 Å². The van der Waals surface area contributed by atoms with Gasteiger partial charge in [-0.25, -0.2) is 4.99 Å². The lowest BCUT2D eigenvalue weighted by Crippen LogP contribution is -2.33. The van der Waals surface area contributed by atoms with Gasteiger partial charge in [-0.05, 0) is 36.6 Å². The standard InChI is InChI=1S/C16H18ClN3OS2.C2H4O2/c1-20(11-6-4-7-12(10-11)23(3)21)16(18)19-13-8-5-9-14(22-2)15(13)17;1-2(3)4/h4-10H,1-3H3,(H2,18,19);1H3,(H,3,4). The van der Waals surface area contributed by atoms with Crippen LogP contribution in [0.2, 0.25) is 5.02 Å². The van der Waals surface area contributed by atoms with Crippen LogP contribution in [0, 0.1) is 0 Å². The van der Waals surface area contributed by atoms with E-state index in [1.165, 1.54) is 0 Å². The summed E-state index contributed by atoms with van der Waals surface area (Å²) in [7, 11) is 0.762. The lowest BCUT2D eigenvalue weighted by Gasteiger charge is -2.19. The second kappa shape index (κ2) is 11.0. The van der Waals surface area contributed by atoms with E-state index in [1.807, 2.05) is 55.8 Å². The Morgan fingerprint density at radius 2 is 1.89 bits per heavy atom. The van der Waals surface area contributed by atoms with Crippen LogP contribution in [-0.4, -0.2) is 40.8 Å². The lowest BCUT2D eigenvalue weighted by atomic mass is 10.3. The Morgan fingerprint density at radius 1 is 1.30 bits per heavy atom. The summed E-state index contributed by atoms with van der Waals surface area (Å²) in [5.74, 6) is -0.524. The highest BCUT2D eigenvalue weighted by molar-refractivity contribution is 7.98. The fraction of sp³-hybridized carbons (Fsp3) is 0.222. The van der Waals surface area contributed by atoms with Crippen LogP contribution in [0.15, 0.2) is 57.2 Å². The number of aliphatic imine (C=N–C) groups is 1. The second-order valence-electron chi connectivity index (χ2n) is 5.29. The molecule has 1 unspecified atom stereocenters. The highest BCUT2D eigenvalue weighted by atomic mass is 35.5. The van der Waals surface area contributed by atoms with E-state index in [-0.39, 0.29) is 0 Å². The molecule has 2 aromatic rings. The molecule has 1 atom stereocenters. The van der Waals surface area contributed by atoms with Crippen LogP contribution in [0.5, 0.6) is 0 Å². The van der Waals surface area contributed by atoms with Crippen LogP contribution in [0.25, 0.3) is 0 Å². The molecule has 2 rings (SSSR count). The number of hydrogen-bond donors (Lipinski definition) is 2. The Balaban J connectivity index is 0.000000828. The molecule has 0 fully saturated rings. The molecule has 6 nitrogen and oxygen atoms in total. The van der Waals surface area contributed by atoms with Gasteiger partial charge in [0.2, 0.25) is 5.96 Å². The van der Waals surface area contributed by atoms with Gasteiger partial charge < -0.3 is 15.7 Å². The summed E-state index contributed by atoms with van der Waals surface area (Å²) in [6.45, 7) is 1.08. The van der Waals surface area contributed by atoms with Gasteiger partial charge in [0, 0.05) is 46.5 Å². The molecule has 0 aliphatic carbocycles. The van der Waals surface area contributed by atoms with E-state index >= 15 is 0 Å². The van der Waals surface area contributed by atoms with Crippen molar-refractivity contribution < 1.29 is 14.1 Å². The van der Waals surface area contributed by atoms with Crippen molar-refractivity contribution in [1.29, 1.82) is 0 Å². The molecule has 0 aliphatic heterocycles. The van der Waals surface area contributed by atoms with E-state index < -0.39 is 16.8 Å². The van der Waals surface area contributed by atoms with Crippen LogP contribution in [0.4, 0.5) is 11.4 Å². The second-order valence-corrected chi connectivity index (χ2v) is 7.90. The molecule has 0 spiro atoms. The molecule has 146 valence electrons. The third-order valence-corrected chi connectivity index (χ3v) is 5.49. The molecule has 0 saturated carbocycles. The third kappa shape index (κ3) is 7.24. The minimum absolute atomic E-state index is 0.309. The van der Waals surface area contributed by atoms with Crippen LogP contribution >= 0.6 is 23.4 Å². The molecule has 0 saturated heterocycles. The number of thioether (sulfide) groups is 1. The minimum atomic E-state index is -1.05. The lowest BCUT2D eigenvalue weighted by molar-refractivity contribution is -0.134. The molecule has 0 bridgehead atoms. The van der Waals surface area contributed by atoms with Gasteiger partial charge >= 0.3 is 0 Å². The Kier molecular flexibility index (Phi) is 9.34. The van der Waals surface area contributed by atoms with Crippen LogP contribution in [-0.2, 0) is 15.6 Å². The molecule has 0 aliphatic rings. The average molecular weight is 428 g/mol. The van der Waals surface area contributed by atoms with Crippen molar-refractivity contribution in [2.45, 2.75) is 16.7 Å². The Labute approximate surface area is 170 Å². The summed E-state index contributed by atoms with van der Waals surface area (Å²) in [6, 6.07) is 13.0. The van der Waals surface area contributed by atoms with E-state index in [0.29, 0.717) is 16.7 Å². The first-order chi connectivity index (χ1) is 12.7. The van der Waals surface area contributed by atoms with Crippen LogP contribution in [0.3, 0.4) is 0 Å². The van der Waals surface area contributed by atoms with Gasteiger partial charge in [-0.1, -0.05) is 23.7 Å². The summed E-state index contributed by atoms with van der Waals surface area (Å²) in [5.41, 5.74) is 7.54. The summed E-state index contributed by atoms with van der Waals surface area (Å²) in [6.07, 6.45) is 3.60. The van der Waals surface area contributed by atoms with Crippen molar-refractivity contribution in [3.8, 4) is 0 Å². The number of guanidine groups is 1. The number of carbonyl (C=O) groups is 1. The predicted molar refractivity (Wildman–Crippen MR) is 115 cm³/mol. The maximum absolute atomic E-state index is 11.6. The van der Waals surface area contributed by atoms with E-state index in [9.17, 15) is 4.21 Å². The molecular formula is C18H22ClN3O3S2. The van der Waals surface area contributed by atoms with E-state index in [1.54, 1.807) is 22.9 Å². The molecule has 2 aromatic carbocycles. The molecule has 9 heteroatoms. The number of aliphatic carboxylic acids is 1. The fourth-order valence-corrected chi connectivity index (χ4v) is 3.40. The number of nitrogens with two attached hydrogens (primary N) is 1. The SMILES string of the molecule is CC(=O)O.CSc1cccc(N=C(N)N(C)c2cccc(S(C)=O)c2)c1Cl. The highest BCUT2D eigenvalue weighted by Crippen LogP contribution is 2.33. The van der Waals surface area contributed by atoms with Gasteiger partial charge in [0.05, 0.1) is 10.7 Å². The Bertz CT molecular complexity index is 855. The fourth-order valence-electron chi connectivity index (χ4n) is 1.94. The Morgan fingerprint density at radius 3 is 2.44 bits per heavy atom. The molecule has 3 N–H and O–H groups in total. The number of nitrogens with zero attached hydrogens (tertiary/aromatic N) is 2. The monoisotopic (exact) mass is 427 g/mol. The molecule has 0 heterocycles. The molecular weight excluding hydrogens is 406 g/mol. The minimum Gasteiger partial charge on any atom is -0.481 e. The largest absolute Gasteiger partial charge is 0.481 e. The number of anilines is 1. The zero-order valence-electron chi connectivity index (χ0n) is 15.5. The van der Waals surface area contributed by atoms with Gasteiger partial charge in [0.1, 0.15) is 0 Å². The highest BCUT2D eigenvalue weighted by Gasteiger charge is 2.10. The maximum Gasteiger partial charge on any atom is 0.300 e. The number of benzene rings is 2. The van der Waals surface area contributed by atoms with Crippen molar-refractivity contribution in [2.24, 2.45) is 10.7 Å². The zero-order valence-corrected chi connectivity index (χ0v) is 17.9. The van der Waals surface area contributed by atoms with Gasteiger partial charge in [-0.15, -0.1) is 11.8 Å². The Hall–Kier alpha value is -2.03. The van der Waals surface area contributed by atoms with Crippen molar-refractivity contribution in [2.75, 3.05) is 24.5 Å². The van der Waals surface area contributed by atoms with Crippen LogP contribution in [0.1, 0.15) is 6.92 Å². The van der Waals surface area contributed by atoms with E-state index in [0.717, 1.165) is 22.4 Å². The topological polar surface area (TPSA) is 96.0 Å². The van der Waals surface area contributed by atoms with Crippen molar-refractivity contribution in [3.63, 3.8) is 0 Å². The average Bonchev–Trinajstić information content (AvgIpc) is 2.62. The van der Waals surface area contributed by atoms with Gasteiger partial charge in [-0.3, -0.25) is 9.00 Å².